The summed E-state index contributed by atoms with van der Waals surface area (Å²) in [5, 5.41) is 2.49. The van der Waals surface area contributed by atoms with E-state index >= 15 is 0 Å². The van der Waals surface area contributed by atoms with Gasteiger partial charge in [0, 0.05) is 6.26 Å². The highest BCUT2D eigenvalue weighted by molar-refractivity contribution is 7.91. The van der Waals surface area contributed by atoms with Crippen LogP contribution in [0, 0.1) is 12.3 Å². The molecule has 0 aromatic carbocycles. The van der Waals surface area contributed by atoms with E-state index < -0.39 is 15.1 Å². The molecule has 76 valence electrons. The van der Waals surface area contributed by atoms with Crippen LogP contribution in [0.2, 0.25) is 0 Å². The zero-order valence-corrected chi connectivity index (χ0v) is 9.19. The second-order valence-electron chi connectivity index (χ2n) is 3.13. The van der Waals surface area contributed by atoms with Gasteiger partial charge in [-0.2, -0.15) is 0 Å². The van der Waals surface area contributed by atoms with Gasteiger partial charge in [0.15, 0.2) is 9.84 Å². The number of terminal acetylenes is 1. The first kappa shape index (κ1) is 12.5. The highest BCUT2D eigenvalue weighted by Crippen LogP contribution is 2.03. The molecule has 0 heterocycles. The maximum absolute atomic E-state index is 11.2. The maximum Gasteiger partial charge on any atom is 0.152 e. The molecule has 0 saturated carbocycles. The summed E-state index contributed by atoms with van der Waals surface area (Å²) in [5.41, 5.74) is 0. The molecular formula is C9H17NO2S. The molecule has 3 nitrogen and oxygen atoms in total. The highest BCUT2D eigenvalue weighted by Gasteiger charge is 2.23. The third-order valence-electron chi connectivity index (χ3n) is 1.94. The summed E-state index contributed by atoms with van der Waals surface area (Å²) in [6.45, 7) is 4.38. The second-order valence-corrected chi connectivity index (χ2v) is 5.54. The Balaban J connectivity index is 4.35. The summed E-state index contributed by atoms with van der Waals surface area (Å²) in [7, 11) is -3.05. The molecule has 0 aliphatic rings. The van der Waals surface area contributed by atoms with Gasteiger partial charge < -0.3 is 5.32 Å². The van der Waals surface area contributed by atoms with Gasteiger partial charge in [-0.1, -0.05) is 12.8 Å². The Morgan fingerprint density at radius 3 is 2.38 bits per heavy atom. The second kappa shape index (κ2) is 5.25. The monoisotopic (exact) mass is 203 g/mol. The molecule has 4 heteroatoms. The first-order chi connectivity index (χ1) is 5.93. The average molecular weight is 203 g/mol. The molecule has 13 heavy (non-hydrogen) atoms. The molecule has 0 amide bonds. The van der Waals surface area contributed by atoms with Gasteiger partial charge in [0.2, 0.25) is 0 Å². The van der Waals surface area contributed by atoms with Crippen molar-refractivity contribution in [3.63, 3.8) is 0 Å². The first-order valence-electron chi connectivity index (χ1n) is 4.31. The predicted molar refractivity (Wildman–Crippen MR) is 55.2 cm³/mol. The van der Waals surface area contributed by atoms with Gasteiger partial charge in [-0.25, -0.2) is 8.42 Å². The summed E-state index contributed by atoms with van der Waals surface area (Å²) < 4.78 is 22.3. The van der Waals surface area contributed by atoms with E-state index in [9.17, 15) is 8.42 Å². The Morgan fingerprint density at radius 1 is 1.54 bits per heavy atom. The molecular weight excluding hydrogens is 186 g/mol. The van der Waals surface area contributed by atoms with Gasteiger partial charge in [0.1, 0.15) is 0 Å². The van der Waals surface area contributed by atoms with E-state index in [1.54, 1.807) is 6.92 Å². The highest BCUT2D eigenvalue weighted by atomic mass is 32.2. The number of hydrogen-bond donors (Lipinski definition) is 1. The van der Waals surface area contributed by atoms with Gasteiger partial charge in [0.05, 0.1) is 11.3 Å². The fraction of sp³-hybridized carbons (Fsp3) is 0.778. The fourth-order valence-electron chi connectivity index (χ4n) is 0.907. The summed E-state index contributed by atoms with van der Waals surface area (Å²) in [5.74, 6) is 2.45. The van der Waals surface area contributed by atoms with Crippen LogP contribution in [0.25, 0.3) is 0 Å². The molecule has 2 unspecified atom stereocenters. The Labute approximate surface area is 80.8 Å². The molecule has 1 N–H and O–H groups in total. The normalized spacial score (nSPS) is 16.2. The number of rotatable bonds is 5. The van der Waals surface area contributed by atoms with Crippen molar-refractivity contribution < 1.29 is 8.42 Å². The van der Waals surface area contributed by atoms with Crippen LogP contribution in [-0.4, -0.2) is 32.5 Å². The van der Waals surface area contributed by atoms with E-state index in [1.807, 2.05) is 6.92 Å². The molecule has 0 radical (unpaired) electrons. The van der Waals surface area contributed by atoms with Crippen LogP contribution in [0.1, 0.15) is 20.3 Å². The quantitative estimate of drug-likeness (QED) is 0.659. The van der Waals surface area contributed by atoms with Crippen molar-refractivity contribution in [2.45, 2.75) is 31.6 Å². The molecule has 0 aromatic heterocycles. The lowest BCUT2D eigenvalue weighted by atomic mass is 10.2. The van der Waals surface area contributed by atoms with Crippen LogP contribution in [0.4, 0.5) is 0 Å². The van der Waals surface area contributed by atoms with Crippen LogP contribution in [-0.2, 0) is 9.84 Å². The van der Waals surface area contributed by atoms with Crippen molar-refractivity contribution in [1.82, 2.24) is 5.32 Å². The molecule has 2 atom stereocenters. The summed E-state index contributed by atoms with van der Waals surface area (Å²) >= 11 is 0. The van der Waals surface area contributed by atoms with Crippen LogP contribution < -0.4 is 5.32 Å². The van der Waals surface area contributed by atoms with E-state index in [4.69, 9.17) is 6.42 Å². The van der Waals surface area contributed by atoms with Gasteiger partial charge in [-0.15, -0.1) is 6.42 Å². The summed E-state index contributed by atoms with van der Waals surface area (Å²) in [6, 6.07) is -0.380. The molecule has 0 aliphatic carbocycles. The lowest BCUT2D eigenvalue weighted by molar-refractivity contribution is 0.547. The van der Waals surface area contributed by atoms with Crippen LogP contribution in [0.3, 0.4) is 0 Å². The average Bonchev–Trinajstić information content (AvgIpc) is 2.04. The van der Waals surface area contributed by atoms with Crippen LogP contribution in [0.5, 0.6) is 0 Å². The van der Waals surface area contributed by atoms with E-state index in [-0.39, 0.29) is 6.04 Å². The molecule has 0 saturated heterocycles. The largest absolute Gasteiger partial charge is 0.303 e. The van der Waals surface area contributed by atoms with Crippen molar-refractivity contribution in [3.8, 4) is 12.3 Å². The first-order valence-corrected chi connectivity index (χ1v) is 6.27. The number of sulfone groups is 1. The van der Waals surface area contributed by atoms with Crippen molar-refractivity contribution in [1.29, 1.82) is 0 Å². The zero-order valence-electron chi connectivity index (χ0n) is 8.37. The van der Waals surface area contributed by atoms with Crippen molar-refractivity contribution in [3.05, 3.63) is 0 Å². The molecule has 0 fully saturated rings. The standard InChI is InChI=1S/C9H17NO2S/c1-5-7-10-9(6-2)8(3)13(4,11)12/h2,8-10H,5,7H2,1,3-4H3. The van der Waals surface area contributed by atoms with Gasteiger partial charge >= 0.3 is 0 Å². The molecule has 0 aromatic rings. The minimum atomic E-state index is -3.05. The third-order valence-corrected chi connectivity index (χ3v) is 3.56. The third kappa shape index (κ3) is 4.30. The molecule has 0 aliphatic heterocycles. The minimum absolute atomic E-state index is 0.380. The minimum Gasteiger partial charge on any atom is -0.303 e. The van der Waals surface area contributed by atoms with Crippen molar-refractivity contribution in [2.75, 3.05) is 12.8 Å². The Hall–Kier alpha value is -0.530. The van der Waals surface area contributed by atoms with Crippen LogP contribution in [0.15, 0.2) is 0 Å². The fourth-order valence-corrected chi connectivity index (χ4v) is 1.58. The maximum atomic E-state index is 11.2. The Kier molecular flexibility index (Phi) is 5.04. The summed E-state index contributed by atoms with van der Waals surface area (Å²) in [4.78, 5) is 0. The van der Waals surface area contributed by atoms with Crippen molar-refractivity contribution >= 4 is 9.84 Å². The zero-order chi connectivity index (χ0) is 10.5. The van der Waals surface area contributed by atoms with Gasteiger partial charge in [0.25, 0.3) is 0 Å². The molecule has 0 spiro atoms. The van der Waals surface area contributed by atoms with Gasteiger partial charge in [-0.3, -0.25) is 0 Å². The smallest absolute Gasteiger partial charge is 0.152 e. The van der Waals surface area contributed by atoms with E-state index in [1.165, 1.54) is 6.26 Å². The van der Waals surface area contributed by atoms with Crippen molar-refractivity contribution in [2.24, 2.45) is 0 Å². The Morgan fingerprint density at radius 2 is 2.08 bits per heavy atom. The lowest BCUT2D eigenvalue weighted by Crippen LogP contribution is -2.41. The topological polar surface area (TPSA) is 46.2 Å². The van der Waals surface area contributed by atoms with E-state index in [0.717, 1.165) is 13.0 Å². The van der Waals surface area contributed by atoms with E-state index in [2.05, 4.69) is 11.2 Å². The van der Waals surface area contributed by atoms with E-state index in [0.29, 0.717) is 0 Å². The Bertz CT molecular complexity index is 276. The molecule has 0 rings (SSSR count). The SMILES string of the molecule is C#CC(NCCC)C(C)S(C)(=O)=O. The number of hydrogen-bond acceptors (Lipinski definition) is 3. The summed E-state index contributed by atoms with van der Waals surface area (Å²) in [6.07, 6.45) is 7.38. The molecule has 0 bridgehead atoms. The lowest BCUT2D eigenvalue weighted by Gasteiger charge is -2.18. The van der Waals surface area contributed by atoms with Crippen LogP contribution >= 0.6 is 0 Å². The number of nitrogens with one attached hydrogen (secondary N) is 1. The van der Waals surface area contributed by atoms with Gasteiger partial charge in [-0.05, 0) is 19.9 Å². The predicted octanol–water partition coefficient (Wildman–Crippen LogP) is 0.421.